The van der Waals surface area contributed by atoms with Crippen LogP contribution < -0.4 is 15.8 Å². The van der Waals surface area contributed by atoms with Gasteiger partial charge in [-0.15, -0.1) is 0 Å². The SMILES string of the molecule is CN1CCC(NC(=O)c2cc3c(Oc4ccc(N)nc4)ccnc3cn2)CC1.O=CO. The van der Waals surface area contributed by atoms with Gasteiger partial charge in [-0.2, -0.15) is 0 Å². The Kier molecular flexibility index (Phi) is 7.28. The molecule has 0 aromatic carbocycles. The third kappa shape index (κ3) is 5.86. The molecule has 162 valence electrons. The summed E-state index contributed by atoms with van der Waals surface area (Å²) in [6.07, 6.45) is 6.66. The van der Waals surface area contributed by atoms with E-state index in [0.29, 0.717) is 33.9 Å². The summed E-state index contributed by atoms with van der Waals surface area (Å²) in [5.74, 6) is 1.37. The van der Waals surface area contributed by atoms with Crippen LogP contribution in [0.2, 0.25) is 0 Å². The molecule has 0 spiro atoms. The molecule has 0 saturated carbocycles. The second-order valence-electron chi connectivity index (χ2n) is 7.07. The van der Waals surface area contributed by atoms with Gasteiger partial charge in [-0.3, -0.25) is 14.6 Å². The molecule has 0 bridgehead atoms. The quantitative estimate of drug-likeness (QED) is 0.535. The lowest BCUT2D eigenvalue weighted by atomic mass is 10.1. The fraction of sp³-hybridized carbons (Fsp3) is 0.286. The topological polar surface area (TPSA) is 144 Å². The van der Waals surface area contributed by atoms with Crippen molar-refractivity contribution in [2.75, 3.05) is 25.9 Å². The maximum Gasteiger partial charge on any atom is 0.290 e. The Balaban J connectivity index is 0.000000858. The number of anilines is 1. The number of nitrogen functional groups attached to an aromatic ring is 1. The number of nitrogens with two attached hydrogens (primary N) is 1. The normalized spacial score (nSPS) is 14.4. The predicted octanol–water partition coefficient (Wildman–Crippen LogP) is 1.92. The predicted molar refractivity (Wildman–Crippen MR) is 115 cm³/mol. The zero-order valence-electron chi connectivity index (χ0n) is 17.1. The van der Waals surface area contributed by atoms with Crippen LogP contribution in [0.4, 0.5) is 5.82 Å². The third-order valence-corrected chi connectivity index (χ3v) is 4.86. The second kappa shape index (κ2) is 10.3. The van der Waals surface area contributed by atoms with Gasteiger partial charge in [0.05, 0.1) is 17.9 Å². The van der Waals surface area contributed by atoms with Crippen LogP contribution in [-0.4, -0.2) is 63.5 Å². The maximum atomic E-state index is 12.7. The molecule has 3 aromatic heterocycles. The molecule has 4 heterocycles. The minimum absolute atomic E-state index is 0.173. The monoisotopic (exact) mass is 424 g/mol. The average molecular weight is 424 g/mol. The van der Waals surface area contributed by atoms with Gasteiger partial charge in [-0.05, 0) is 57.2 Å². The zero-order chi connectivity index (χ0) is 22.2. The van der Waals surface area contributed by atoms with Crippen LogP contribution in [0.15, 0.2) is 42.9 Å². The van der Waals surface area contributed by atoms with Gasteiger partial charge >= 0.3 is 0 Å². The number of hydrogen-bond acceptors (Lipinski definition) is 8. The van der Waals surface area contributed by atoms with Crippen molar-refractivity contribution >= 4 is 29.1 Å². The number of fused-ring (bicyclic) bond motifs is 1. The van der Waals surface area contributed by atoms with E-state index in [1.54, 1.807) is 42.9 Å². The Hall–Kier alpha value is -3.79. The fourth-order valence-electron chi connectivity index (χ4n) is 3.23. The van der Waals surface area contributed by atoms with Gasteiger partial charge in [0.25, 0.3) is 12.4 Å². The molecule has 0 radical (unpaired) electrons. The minimum atomic E-state index is -0.250. The Morgan fingerprint density at radius 2 is 1.97 bits per heavy atom. The molecule has 0 atom stereocenters. The van der Waals surface area contributed by atoms with Gasteiger partial charge in [-0.1, -0.05) is 0 Å². The average Bonchev–Trinajstić information content (AvgIpc) is 2.77. The molecule has 10 heteroatoms. The fourth-order valence-corrected chi connectivity index (χ4v) is 3.23. The van der Waals surface area contributed by atoms with Crippen molar-refractivity contribution in [3.05, 3.63) is 48.5 Å². The number of likely N-dealkylation sites (tertiary alicyclic amines) is 1. The summed E-state index contributed by atoms with van der Waals surface area (Å²) < 4.78 is 5.92. The largest absolute Gasteiger partial charge is 0.483 e. The summed E-state index contributed by atoms with van der Waals surface area (Å²) in [6, 6.07) is 7.04. The first-order chi connectivity index (χ1) is 15.0. The number of rotatable bonds is 4. The van der Waals surface area contributed by atoms with Crippen molar-refractivity contribution in [2.45, 2.75) is 18.9 Å². The Labute approximate surface area is 179 Å². The third-order valence-electron chi connectivity index (χ3n) is 4.86. The number of carbonyl (C=O) groups is 2. The van der Waals surface area contributed by atoms with Crippen LogP contribution >= 0.6 is 0 Å². The van der Waals surface area contributed by atoms with E-state index in [2.05, 4.69) is 32.2 Å². The number of amides is 1. The summed E-state index contributed by atoms with van der Waals surface area (Å²) in [6.45, 7) is 1.71. The summed E-state index contributed by atoms with van der Waals surface area (Å²) >= 11 is 0. The van der Waals surface area contributed by atoms with Crippen LogP contribution in [0.25, 0.3) is 10.9 Å². The van der Waals surface area contributed by atoms with Gasteiger partial charge in [0, 0.05) is 17.6 Å². The number of nitrogens with one attached hydrogen (secondary N) is 1. The van der Waals surface area contributed by atoms with Crippen LogP contribution in [-0.2, 0) is 4.79 Å². The second-order valence-corrected chi connectivity index (χ2v) is 7.07. The number of hydrogen-bond donors (Lipinski definition) is 3. The highest BCUT2D eigenvalue weighted by molar-refractivity contribution is 5.97. The van der Waals surface area contributed by atoms with Gasteiger partial charge < -0.3 is 25.8 Å². The van der Waals surface area contributed by atoms with E-state index in [-0.39, 0.29) is 18.4 Å². The van der Waals surface area contributed by atoms with E-state index in [4.69, 9.17) is 20.4 Å². The molecule has 4 rings (SSSR count). The van der Waals surface area contributed by atoms with E-state index < -0.39 is 0 Å². The Morgan fingerprint density at radius 3 is 2.65 bits per heavy atom. The zero-order valence-corrected chi connectivity index (χ0v) is 17.1. The number of piperidine rings is 1. The van der Waals surface area contributed by atoms with Gasteiger partial charge in [0.1, 0.15) is 23.0 Å². The molecule has 1 saturated heterocycles. The first-order valence-electron chi connectivity index (χ1n) is 9.71. The lowest BCUT2D eigenvalue weighted by Crippen LogP contribution is -2.43. The highest BCUT2D eigenvalue weighted by Crippen LogP contribution is 2.28. The summed E-state index contributed by atoms with van der Waals surface area (Å²) in [5.41, 5.74) is 6.61. The van der Waals surface area contributed by atoms with E-state index in [1.165, 1.54) is 0 Å². The van der Waals surface area contributed by atoms with Crippen LogP contribution in [0.3, 0.4) is 0 Å². The van der Waals surface area contributed by atoms with Crippen molar-refractivity contribution in [3.63, 3.8) is 0 Å². The number of pyridine rings is 3. The Bertz CT molecular complexity index is 1040. The maximum absolute atomic E-state index is 12.7. The lowest BCUT2D eigenvalue weighted by Gasteiger charge is -2.29. The first-order valence-corrected chi connectivity index (χ1v) is 9.71. The molecule has 3 aromatic rings. The highest BCUT2D eigenvalue weighted by atomic mass is 16.5. The van der Waals surface area contributed by atoms with E-state index >= 15 is 0 Å². The molecule has 4 N–H and O–H groups in total. The Morgan fingerprint density at radius 1 is 1.23 bits per heavy atom. The van der Waals surface area contributed by atoms with Gasteiger partial charge in [0.2, 0.25) is 0 Å². The van der Waals surface area contributed by atoms with Crippen molar-refractivity contribution in [1.82, 2.24) is 25.2 Å². The van der Waals surface area contributed by atoms with Crippen molar-refractivity contribution in [2.24, 2.45) is 0 Å². The van der Waals surface area contributed by atoms with E-state index in [0.717, 1.165) is 25.9 Å². The van der Waals surface area contributed by atoms with E-state index in [1.807, 2.05) is 0 Å². The molecule has 1 fully saturated rings. The smallest absolute Gasteiger partial charge is 0.290 e. The molecular formula is C21H24N6O4. The van der Waals surface area contributed by atoms with Crippen LogP contribution in [0, 0.1) is 0 Å². The standard InChI is InChI=1S/C20H22N6O2.CH2O2/c1-26-8-5-13(6-9-26)25-20(27)16-10-15-17(12-23-16)22-7-4-18(15)28-14-2-3-19(21)24-11-14;2-1-3/h2-4,7,10-13H,5-6,8-9H2,1H3,(H2,21,24)(H,25,27);1H,(H,2,3). The van der Waals surface area contributed by atoms with Crippen molar-refractivity contribution in [3.8, 4) is 11.5 Å². The van der Waals surface area contributed by atoms with E-state index in [9.17, 15) is 4.79 Å². The number of carbonyl (C=O) groups excluding carboxylic acids is 1. The summed E-state index contributed by atoms with van der Waals surface area (Å²) in [4.78, 5) is 35.9. The molecule has 10 nitrogen and oxygen atoms in total. The summed E-state index contributed by atoms with van der Waals surface area (Å²) in [5, 5.41) is 10.7. The molecule has 0 unspecified atom stereocenters. The van der Waals surface area contributed by atoms with Crippen molar-refractivity contribution in [1.29, 1.82) is 0 Å². The van der Waals surface area contributed by atoms with Crippen LogP contribution in [0.5, 0.6) is 11.5 Å². The lowest BCUT2D eigenvalue weighted by molar-refractivity contribution is -0.122. The molecule has 31 heavy (non-hydrogen) atoms. The first kappa shape index (κ1) is 21.9. The molecular weight excluding hydrogens is 400 g/mol. The van der Waals surface area contributed by atoms with Gasteiger partial charge in [0.15, 0.2) is 0 Å². The van der Waals surface area contributed by atoms with Crippen LogP contribution in [0.1, 0.15) is 23.3 Å². The van der Waals surface area contributed by atoms with Crippen molar-refractivity contribution < 1.29 is 19.4 Å². The molecule has 0 aliphatic carbocycles. The van der Waals surface area contributed by atoms with Gasteiger partial charge in [-0.25, -0.2) is 9.97 Å². The number of carboxylic acid groups (broad SMARTS) is 1. The number of ether oxygens (including phenoxy) is 1. The number of nitrogens with zero attached hydrogens (tertiary/aromatic N) is 4. The summed E-state index contributed by atoms with van der Waals surface area (Å²) in [7, 11) is 2.09. The minimum Gasteiger partial charge on any atom is -0.483 e. The number of aromatic nitrogens is 3. The molecule has 1 amide bonds. The molecule has 1 aliphatic heterocycles. The highest BCUT2D eigenvalue weighted by Gasteiger charge is 2.20. The molecule has 1 aliphatic rings.